The van der Waals surface area contributed by atoms with E-state index in [1.165, 1.54) is 30.5 Å². The molecular weight excluding hydrogens is 220 g/mol. The lowest BCUT2D eigenvalue weighted by Crippen LogP contribution is -2.23. The van der Waals surface area contributed by atoms with Crippen LogP contribution in [-0.2, 0) is 6.42 Å². The normalized spacial score (nSPS) is 19.4. The smallest absolute Gasteiger partial charge is 0.0504 e. The summed E-state index contributed by atoms with van der Waals surface area (Å²) in [6, 6.07) is 4.86. The van der Waals surface area contributed by atoms with Gasteiger partial charge in [-0.25, -0.2) is 0 Å². The fourth-order valence-electron chi connectivity index (χ4n) is 2.55. The van der Waals surface area contributed by atoms with E-state index in [9.17, 15) is 0 Å². The number of aromatic nitrogens is 1. The molecule has 18 heavy (non-hydrogen) atoms. The third-order valence-electron chi connectivity index (χ3n) is 3.47. The molecule has 0 bridgehead atoms. The molecule has 1 heterocycles. The molecule has 2 heteroatoms. The lowest BCUT2D eigenvalue weighted by molar-refractivity contribution is 0.590. The zero-order valence-corrected chi connectivity index (χ0v) is 11.5. The largest absolute Gasteiger partial charge is 0.314 e. The van der Waals surface area contributed by atoms with E-state index < -0.39 is 0 Å². The highest BCUT2D eigenvalue weighted by molar-refractivity contribution is 5.29. The monoisotopic (exact) mass is 244 g/mol. The van der Waals surface area contributed by atoms with E-state index in [-0.39, 0.29) is 0 Å². The van der Waals surface area contributed by atoms with Gasteiger partial charge in [0.2, 0.25) is 0 Å². The first-order valence-corrected chi connectivity index (χ1v) is 7.11. The molecule has 1 unspecified atom stereocenters. The van der Waals surface area contributed by atoms with Crippen molar-refractivity contribution in [2.75, 3.05) is 6.54 Å². The molecular formula is C16H24N2. The molecule has 1 aliphatic rings. The molecule has 1 aromatic rings. The van der Waals surface area contributed by atoms with Crippen molar-refractivity contribution >= 4 is 0 Å². The molecule has 0 fully saturated rings. The van der Waals surface area contributed by atoms with Crippen molar-refractivity contribution in [3.05, 3.63) is 41.7 Å². The second-order valence-corrected chi connectivity index (χ2v) is 5.37. The molecule has 1 N–H and O–H groups in total. The summed E-state index contributed by atoms with van der Waals surface area (Å²) in [5.41, 5.74) is 2.75. The number of aryl methyl sites for hydroxylation is 1. The summed E-state index contributed by atoms with van der Waals surface area (Å²) in [6.07, 6.45) is 11.4. The number of pyridine rings is 1. The van der Waals surface area contributed by atoms with Crippen molar-refractivity contribution < 1.29 is 0 Å². The van der Waals surface area contributed by atoms with Crippen LogP contribution in [0.1, 0.15) is 50.3 Å². The Kier molecular flexibility index (Phi) is 4.94. The molecule has 0 spiro atoms. The number of rotatable bonds is 5. The topological polar surface area (TPSA) is 24.9 Å². The molecule has 0 saturated heterocycles. The molecule has 0 aliphatic heterocycles. The van der Waals surface area contributed by atoms with Crippen LogP contribution in [0, 0.1) is 0 Å². The second kappa shape index (κ2) is 6.69. The first kappa shape index (κ1) is 13.3. The van der Waals surface area contributed by atoms with Crippen molar-refractivity contribution in [2.24, 2.45) is 0 Å². The molecule has 2 nitrogen and oxygen atoms in total. The van der Waals surface area contributed by atoms with Gasteiger partial charge < -0.3 is 5.32 Å². The number of fused-ring (bicyclic) bond motifs is 1. The third-order valence-corrected chi connectivity index (χ3v) is 3.47. The summed E-state index contributed by atoms with van der Waals surface area (Å²) < 4.78 is 0. The Morgan fingerprint density at radius 3 is 3.22 bits per heavy atom. The van der Waals surface area contributed by atoms with Gasteiger partial charge in [0.05, 0.1) is 5.69 Å². The fourth-order valence-corrected chi connectivity index (χ4v) is 2.55. The molecule has 0 saturated carbocycles. The highest BCUT2D eigenvalue weighted by Gasteiger charge is 2.18. The molecule has 2 rings (SSSR count). The quantitative estimate of drug-likeness (QED) is 0.634. The minimum atomic E-state index is 0.536. The Bertz CT molecular complexity index is 396. The Hall–Kier alpha value is -1.15. The molecule has 1 aliphatic carbocycles. The first-order chi connectivity index (χ1) is 8.77. The van der Waals surface area contributed by atoms with E-state index in [0.29, 0.717) is 12.0 Å². The number of allylic oxidation sites excluding steroid dienone is 1. The van der Waals surface area contributed by atoms with E-state index in [2.05, 4.69) is 48.4 Å². The van der Waals surface area contributed by atoms with Gasteiger partial charge in [0.15, 0.2) is 0 Å². The minimum Gasteiger partial charge on any atom is -0.314 e. The molecule has 0 radical (unpaired) electrons. The van der Waals surface area contributed by atoms with E-state index in [1.807, 2.05) is 6.20 Å². The predicted molar refractivity (Wildman–Crippen MR) is 76.8 cm³/mol. The molecule has 1 aromatic heterocycles. The highest BCUT2D eigenvalue weighted by Crippen LogP contribution is 2.30. The zero-order chi connectivity index (χ0) is 12.8. The van der Waals surface area contributed by atoms with E-state index in [0.717, 1.165) is 13.0 Å². The van der Waals surface area contributed by atoms with Gasteiger partial charge in [-0.2, -0.15) is 0 Å². The van der Waals surface area contributed by atoms with Gasteiger partial charge in [-0.15, -0.1) is 0 Å². The van der Waals surface area contributed by atoms with Crippen LogP contribution in [0.5, 0.6) is 0 Å². The standard InChI is InChI=1S/C16H24N2/c1-13(2)17-11-4-3-7-14-8-5-9-15-10-6-12-18-16(14)15/h3,6-7,10,12-14,17H,4-5,8-9,11H2,1-2H3. The van der Waals surface area contributed by atoms with Gasteiger partial charge in [-0.3, -0.25) is 4.98 Å². The number of hydrogen-bond acceptors (Lipinski definition) is 2. The van der Waals surface area contributed by atoms with Gasteiger partial charge in [0.25, 0.3) is 0 Å². The maximum atomic E-state index is 4.56. The summed E-state index contributed by atoms with van der Waals surface area (Å²) in [7, 11) is 0. The van der Waals surface area contributed by atoms with E-state index in [4.69, 9.17) is 0 Å². The first-order valence-electron chi connectivity index (χ1n) is 7.11. The Balaban J connectivity index is 1.89. The summed E-state index contributed by atoms with van der Waals surface area (Å²) in [5, 5.41) is 3.44. The molecule has 1 atom stereocenters. The Labute approximate surface area is 111 Å². The molecule has 98 valence electrons. The maximum absolute atomic E-state index is 4.56. The summed E-state index contributed by atoms with van der Waals surface area (Å²) in [6.45, 7) is 5.44. The lowest BCUT2D eigenvalue weighted by atomic mass is 9.86. The van der Waals surface area contributed by atoms with E-state index >= 15 is 0 Å². The van der Waals surface area contributed by atoms with Crippen LogP contribution in [-0.4, -0.2) is 17.6 Å². The van der Waals surface area contributed by atoms with Crippen molar-refractivity contribution in [2.45, 2.75) is 51.5 Å². The van der Waals surface area contributed by atoms with Crippen molar-refractivity contribution in [1.82, 2.24) is 10.3 Å². The predicted octanol–water partition coefficient (Wildman–Crippen LogP) is 3.45. The Morgan fingerprint density at radius 1 is 1.50 bits per heavy atom. The lowest BCUT2D eigenvalue weighted by Gasteiger charge is -2.21. The number of nitrogens with one attached hydrogen (secondary N) is 1. The van der Waals surface area contributed by atoms with Crippen LogP contribution < -0.4 is 5.32 Å². The number of nitrogens with zero attached hydrogens (tertiary/aromatic N) is 1. The van der Waals surface area contributed by atoms with Gasteiger partial charge in [0, 0.05) is 18.2 Å². The summed E-state index contributed by atoms with van der Waals surface area (Å²) >= 11 is 0. The van der Waals surface area contributed by atoms with Crippen molar-refractivity contribution in [1.29, 1.82) is 0 Å². The SMILES string of the molecule is CC(C)NCCC=CC1CCCc2cccnc21. The zero-order valence-electron chi connectivity index (χ0n) is 11.5. The Morgan fingerprint density at radius 2 is 2.39 bits per heavy atom. The highest BCUT2D eigenvalue weighted by atomic mass is 14.9. The van der Waals surface area contributed by atoms with Gasteiger partial charge in [0.1, 0.15) is 0 Å². The minimum absolute atomic E-state index is 0.536. The summed E-state index contributed by atoms with van der Waals surface area (Å²) in [4.78, 5) is 4.56. The third kappa shape index (κ3) is 3.67. The van der Waals surface area contributed by atoms with Crippen LogP contribution in [0.2, 0.25) is 0 Å². The van der Waals surface area contributed by atoms with Crippen molar-refractivity contribution in [3.63, 3.8) is 0 Å². The van der Waals surface area contributed by atoms with Crippen LogP contribution >= 0.6 is 0 Å². The average molecular weight is 244 g/mol. The van der Waals surface area contributed by atoms with Gasteiger partial charge >= 0.3 is 0 Å². The van der Waals surface area contributed by atoms with E-state index in [1.54, 1.807) is 0 Å². The van der Waals surface area contributed by atoms with Gasteiger partial charge in [-0.1, -0.05) is 32.1 Å². The van der Waals surface area contributed by atoms with Crippen LogP contribution in [0.3, 0.4) is 0 Å². The number of hydrogen-bond donors (Lipinski definition) is 1. The van der Waals surface area contributed by atoms with Crippen molar-refractivity contribution in [3.8, 4) is 0 Å². The van der Waals surface area contributed by atoms with Crippen LogP contribution in [0.15, 0.2) is 30.5 Å². The average Bonchev–Trinajstić information content (AvgIpc) is 2.38. The second-order valence-electron chi connectivity index (χ2n) is 5.37. The summed E-state index contributed by atoms with van der Waals surface area (Å²) in [5.74, 6) is 0.536. The van der Waals surface area contributed by atoms with Crippen LogP contribution in [0.4, 0.5) is 0 Å². The van der Waals surface area contributed by atoms with Gasteiger partial charge in [-0.05, 0) is 43.9 Å². The molecule has 0 aromatic carbocycles. The maximum Gasteiger partial charge on any atom is 0.0504 e. The fraction of sp³-hybridized carbons (Fsp3) is 0.562. The van der Waals surface area contributed by atoms with Crippen LogP contribution in [0.25, 0.3) is 0 Å². The molecule has 0 amide bonds.